The van der Waals surface area contributed by atoms with Crippen LogP contribution in [0.15, 0.2) is 18.2 Å². The number of benzene rings is 1. The third-order valence-corrected chi connectivity index (χ3v) is 3.99. The average Bonchev–Trinajstić information content (AvgIpc) is 2.76. The number of nitrogens with zero attached hydrogens (tertiary/aromatic N) is 2. The number of nitro groups is 1. The zero-order valence-corrected chi connectivity index (χ0v) is 13.2. The number of rotatable bonds is 6. The van der Waals surface area contributed by atoms with Gasteiger partial charge in [-0.15, -0.1) is 0 Å². The average molecular weight is 291 g/mol. The second kappa shape index (κ2) is 6.43. The molecular formula is C16H25N3O2. The number of hydrogen-bond donors (Lipinski definition) is 1. The molecule has 0 bridgehead atoms. The molecule has 5 heteroatoms. The molecule has 1 heterocycles. The van der Waals surface area contributed by atoms with Crippen molar-refractivity contribution in [2.75, 3.05) is 25.0 Å². The summed E-state index contributed by atoms with van der Waals surface area (Å²) in [6.07, 6.45) is 2.13. The molecular weight excluding hydrogens is 266 g/mol. The number of likely N-dealkylation sites (tertiary alicyclic amines) is 1. The number of anilines is 1. The van der Waals surface area contributed by atoms with Gasteiger partial charge in [-0.05, 0) is 36.4 Å². The predicted molar refractivity (Wildman–Crippen MR) is 85.6 cm³/mol. The molecule has 0 saturated carbocycles. The predicted octanol–water partition coefficient (Wildman–Crippen LogP) is 3.65. The summed E-state index contributed by atoms with van der Waals surface area (Å²) >= 11 is 0. The standard InChI is InChI=1S/C16H25N3O2/c1-4-8-17-14-6-5-13(10-15(14)19(20)21)11-18-9-7-16(2,3)12-18/h5-6,10,17H,4,7-9,11-12H2,1-3H3. The zero-order valence-electron chi connectivity index (χ0n) is 13.2. The van der Waals surface area contributed by atoms with Crippen LogP contribution in [0.3, 0.4) is 0 Å². The van der Waals surface area contributed by atoms with Crippen LogP contribution in [0, 0.1) is 15.5 Å². The minimum atomic E-state index is -0.296. The molecule has 21 heavy (non-hydrogen) atoms. The third-order valence-electron chi connectivity index (χ3n) is 3.99. The largest absolute Gasteiger partial charge is 0.380 e. The molecule has 0 spiro atoms. The normalized spacial score (nSPS) is 17.9. The van der Waals surface area contributed by atoms with Gasteiger partial charge < -0.3 is 5.32 Å². The molecule has 5 nitrogen and oxygen atoms in total. The second-order valence-electron chi connectivity index (χ2n) is 6.66. The highest BCUT2D eigenvalue weighted by atomic mass is 16.6. The Kier molecular flexibility index (Phi) is 4.83. The SMILES string of the molecule is CCCNc1ccc(CN2CCC(C)(C)C2)cc1[N+](=O)[O-]. The molecule has 0 unspecified atom stereocenters. The Morgan fingerprint density at radius 2 is 2.19 bits per heavy atom. The van der Waals surface area contributed by atoms with E-state index < -0.39 is 0 Å². The summed E-state index contributed by atoms with van der Waals surface area (Å²) in [7, 11) is 0. The summed E-state index contributed by atoms with van der Waals surface area (Å²) in [6, 6.07) is 5.55. The molecule has 1 saturated heterocycles. The lowest BCUT2D eigenvalue weighted by atomic mass is 9.93. The first-order valence-electron chi connectivity index (χ1n) is 7.65. The maximum Gasteiger partial charge on any atom is 0.292 e. The highest BCUT2D eigenvalue weighted by Crippen LogP contribution is 2.31. The molecule has 1 aliphatic heterocycles. The smallest absolute Gasteiger partial charge is 0.292 e. The minimum Gasteiger partial charge on any atom is -0.380 e. The van der Waals surface area contributed by atoms with Crippen LogP contribution in [-0.4, -0.2) is 29.5 Å². The van der Waals surface area contributed by atoms with E-state index in [0.717, 1.165) is 38.2 Å². The van der Waals surface area contributed by atoms with Gasteiger partial charge in [0.15, 0.2) is 0 Å². The van der Waals surface area contributed by atoms with Crippen molar-refractivity contribution < 1.29 is 4.92 Å². The summed E-state index contributed by atoms with van der Waals surface area (Å²) < 4.78 is 0. The van der Waals surface area contributed by atoms with Gasteiger partial charge in [0, 0.05) is 25.7 Å². The van der Waals surface area contributed by atoms with Crippen molar-refractivity contribution in [2.45, 2.75) is 40.2 Å². The zero-order chi connectivity index (χ0) is 15.5. The van der Waals surface area contributed by atoms with Crippen molar-refractivity contribution in [3.63, 3.8) is 0 Å². The molecule has 0 aliphatic carbocycles. The lowest BCUT2D eigenvalue weighted by Gasteiger charge is -2.19. The molecule has 1 aromatic carbocycles. The second-order valence-corrected chi connectivity index (χ2v) is 6.66. The first kappa shape index (κ1) is 15.8. The molecule has 116 valence electrons. The van der Waals surface area contributed by atoms with Crippen LogP contribution in [0.25, 0.3) is 0 Å². The highest BCUT2D eigenvalue weighted by Gasteiger charge is 2.29. The van der Waals surface area contributed by atoms with Gasteiger partial charge in [0.05, 0.1) is 4.92 Å². The topological polar surface area (TPSA) is 58.4 Å². The fourth-order valence-corrected chi connectivity index (χ4v) is 2.85. The van der Waals surface area contributed by atoms with Gasteiger partial charge >= 0.3 is 0 Å². The lowest BCUT2D eigenvalue weighted by Crippen LogP contribution is -2.22. The van der Waals surface area contributed by atoms with Crippen molar-refractivity contribution in [1.82, 2.24) is 4.90 Å². The summed E-state index contributed by atoms with van der Waals surface area (Å²) in [5, 5.41) is 14.4. The van der Waals surface area contributed by atoms with Crippen molar-refractivity contribution in [2.24, 2.45) is 5.41 Å². The van der Waals surface area contributed by atoms with Gasteiger partial charge in [-0.3, -0.25) is 15.0 Å². The van der Waals surface area contributed by atoms with E-state index in [0.29, 0.717) is 11.1 Å². The van der Waals surface area contributed by atoms with E-state index in [4.69, 9.17) is 0 Å². The summed E-state index contributed by atoms with van der Waals surface area (Å²) in [5.41, 5.74) is 2.17. The number of nitro benzene ring substituents is 1. The Hall–Kier alpha value is -1.62. The van der Waals surface area contributed by atoms with E-state index in [-0.39, 0.29) is 10.6 Å². The Morgan fingerprint density at radius 3 is 2.76 bits per heavy atom. The fraction of sp³-hybridized carbons (Fsp3) is 0.625. The Bertz CT molecular complexity index is 514. The third kappa shape index (κ3) is 4.17. The van der Waals surface area contributed by atoms with E-state index in [1.54, 1.807) is 6.07 Å². The minimum absolute atomic E-state index is 0.180. The number of nitrogens with one attached hydrogen (secondary N) is 1. The molecule has 2 rings (SSSR count). The first-order valence-corrected chi connectivity index (χ1v) is 7.65. The van der Waals surface area contributed by atoms with E-state index in [2.05, 4.69) is 24.1 Å². The first-order chi connectivity index (χ1) is 9.91. The van der Waals surface area contributed by atoms with Crippen molar-refractivity contribution >= 4 is 11.4 Å². The quantitative estimate of drug-likeness (QED) is 0.642. The van der Waals surface area contributed by atoms with E-state index in [1.807, 2.05) is 19.1 Å². The lowest BCUT2D eigenvalue weighted by molar-refractivity contribution is -0.384. The maximum atomic E-state index is 11.2. The molecule has 0 aromatic heterocycles. The Balaban J connectivity index is 2.11. The van der Waals surface area contributed by atoms with Crippen LogP contribution in [0.2, 0.25) is 0 Å². The van der Waals surface area contributed by atoms with Crippen molar-refractivity contribution in [3.05, 3.63) is 33.9 Å². The molecule has 1 fully saturated rings. The molecule has 0 atom stereocenters. The monoisotopic (exact) mass is 291 g/mol. The van der Waals surface area contributed by atoms with Gasteiger partial charge in [-0.1, -0.05) is 26.8 Å². The van der Waals surface area contributed by atoms with Crippen LogP contribution < -0.4 is 5.32 Å². The molecule has 1 N–H and O–H groups in total. The Labute approximate surface area is 126 Å². The van der Waals surface area contributed by atoms with E-state index >= 15 is 0 Å². The van der Waals surface area contributed by atoms with Crippen molar-refractivity contribution in [3.8, 4) is 0 Å². The van der Waals surface area contributed by atoms with Crippen LogP contribution in [0.5, 0.6) is 0 Å². The van der Waals surface area contributed by atoms with Gasteiger partial charge in [0.1, 0.15) is 5.69 Å². The van der Waals surface area contributed by atoms with Gasteiger partial charge in [-0.25, -0.2) is 0 Å². The molecule has 1 aromatic rings. The van der Waals surface area contributed by atoms with Gasteiger partial charge in [0.25, 0.3) is 5.69 Å². The number of hydrogen-bond acceptors (Lipinski definition) is 4. The molecule has 0 amide bonds. The van der Waals surface area contributed by atoms with Crippen LogP contribution >= 0.6 is 0 Å². The van der Waals surface area contributed by atoms with Crippen LogP contribution in [0.4, 0.5) is 11.4 Å². The van der Waals surface area contributed by atoms with E-state index in [9.17, 15) is 10.1 Å². The Morgan fingerprint density at radius 1 is 1.43 bits per heavy atom. The molecule has 0 radical (unpaired) electrons. The fourth-order valence-electron chi connectivity index (χ4n) is 2.85. The van der Waals surface area contributed by atoms with Crippen LogP contribution in [0.1, 0.15) is 39.2 Å². The van der Waals surface area contributed by atoms with Crippen molar-refractivity contribution in [1.29, 1.82) is 0 Å². The molecule has 1 aliphatic rings. The maximum absolute atomic E-state index is 11.2. The van der Waals surface area contributed by atoms with Gasteiger partial charge in [0.2, 0.25) is 0 Å². The summed E-state index contributed by atoms with van der Waals surface area (Å²) in [6.45, 7) is 10.2. The highest BCUT2D eigenvalue weighted by molar-refractivity contribution is 5.62. The van der Waals surface area contributed by atoms with Crippen LogP contribution in [-0.2, 0) is 6.54 Å². The van der Waals surface area contributed by atoms with Gasteiger partial charge in [-0.2, -0.15) is 0 Å². The summed E-state index contributed by atoms with van der Waals surface area (Å²) in [4.78, 5) is 13.3. The van der Waals surface area contributed by atoms with E-state index in [1.165, 1.54) is 6.42 Å². The summed E-state index contributed by atoms with van der Waals surface area (Å²) in [5.74, 6) is 0.